The van der Waals surface area contributed by atoms with Gasteiger partial charge in [-0.25, -0.2) is 0 Å². The van der Waals surface area contributed by atoms with Gasteiger partial charge in [0.2, 0.25) is 0 Å². The second kappa shape index (κ2) is 7.66. The topological polar surface area (TPSA) is 23.5 Å². The standard InChI is InChI=1S/C17H29NO/c1-5-10-15(11-6-2)16(14-18(3)4)17(19)12-8-7-9-13-17/h5-6,10-11,16,19H,1,7-9,12-14H2,2-4H3/b11-6-,15-10+. The highest BCUT2D eigenvalue weighted by atomic mass is 16.3. The van der Waals surface area contributed by atoms with Crippen LogP contribution in [0.15, 0.2) is 36.5 Å². The van der Waals surface area contributed by atoms with Crippen LogP contribution in [0.25, 0.3) is 0 Å². The summed E-state index contributed by atoms with van der Waals surface area (Å²) in [6.07, 6.45) is 13.4. The molecule has 1 aliphatic rings. The second-order valence-electron chi connectivity index (χ2n) is 5.88. The minimum absolute atomic E-state index is 0.164. The Hall–Kier alpha value is -0.860. The zero-order chi connectivity index (χ0) is 14.3. The van der Waals surface area contributed by atoms with Gasteiger partial charge in [0, 0.05) is 12.5 Å². The molecule has 1 atom stereocenters. The molecule has 1 rings (SSSR count). The maximum atomic E-state index is 11.1. The average Bonchev–Trinajstić information content (AvgIpc) is 2.36. The van der Waals surface area contributed by atoms with Gasteiger partial charge in [-0.05, 0) is 39.4 Å². The fraction of sp³-hybridized carbons (Fsp3) is 0.647. The Morgan fingerprint density at radius 2 is 1.95 bits per heavy atom. The summed E-state index contributed by atoms with van der Waals surface area (Å²) >= 11 is 0. The van der Waals surface area contributed by atoms with Gasteiger partial charge < -0.3 is 10.0 Å². The summed E-state index contributed by atoms with van der Waals surface area (Å²) in [5.41, 5.74) is 0.632. The lowest BCUT2D eigenvalue weighted by molar-refractivity contribution is -0.0420. The molecule has 0 amide bonds. The van der Waals surface area contributed by atoms with Crippen LogP contribution < -0.4 is 0 Å². The third-order valence-corrected chi connectivity index (χ3v) is 3.99. The number of aliphatic hydroxyl groups is 1. The number of allylic oxidation sites excluding steroid dienone is 4. The third kappa shape index (κ3) is 4.63. The van der Waals surface area contributed by atoms with Crippen LogP contribution in [0, 0.1) is 5.92 Å². The molecule has 0 saturated heterocycles. The van der Waals surface area contributed by atoms with E-state index in [0.717, 1.165) is 32.2 Å². The molecule has 1 N–H and O–H groups in total. The minimum Gasteiger partial charge on any atom is -0.389 e. The van der Waals surface area contributed by atoms with Gasteiger partial charge in [-0.15, -0.1) is 0 Å². The normalized spacial score (nSPS) is 21.8. The molecule has 1 unspecified atom stereocenters. The van der Waals surface area contributed by atoms with Gasteiger partial charge in [0.1, 0.15) is 0 Å². The van der Waals surface area contributed by atoms with Crippen LogP contribution in [-0.4, -0.2) is 36.2 Å². The first-order valence-corrected chi connectivity index (χ1v) is 7.36. The lowest BCUT2D eigenvalue weighted by Gasteiger charge is -2.41. The molecule has 2 heteroatoms. The lowest BCUT2D eigenvalue weighted by atomic mass is 9.72. The molecule has 1 aliphatic carbocycles. The molecule has 0 radical (unpaired) electrons. The number of nitrogens with zero attached hydrogens (tertiary/aromatic N) is 1. The molecule has 108 valence electrons. The summed E-state index contributed by atoms with van der Waals surface area (Å²) < 4.78 is 0. The first-order chi connectivity index (χ1) is 9.03. The lowest BCUT2D eigenvalue weighted by Crippen LogP contribution is -2.45. The molecule has 0 aliphatic heterocycles. The Balaban J connectivity index is 3.04. The van der Waals surface area contributed by atoms with E-state index in [-0.39, 0.29) is 5.92 Å². The van der Waals surface area contributed by atoms with E-state index in [9.17, 15) is 5.11 Å². The van der Waals surface area contributed by atoms with Crippen LogP contribution in [0.2, 0.25) is 0 Å². The van der Waals surface area contributed by atoms with Crippen molar-refractivity contribution in [2.45, 2.75) is 44.6 Å². The van der Waals surface area contributed by atoms with E-state index in [1.807, 2.05) is 25.2 Å². The van der Waals surface area contributed by atoms with Crippen LogP contribution in [0.4, 0.5) is 0 Å². The molecule has 19 heavy (non-hydrogen) atoms. The van der Waals surface area contributed by atoms with Crippen molar-refractivity contribution < 1.29 is 5.11 Å². The van der Waals surface area contributed by atoms with Crippen molar-refractivity contribution in [2.75, 3.05) is 20.6 Å². The summed E-state index contributed by atoms with van der Waals surface area (Å²) in [7, 11) is 4.14. The SMILES string of the molecule is C=C/C=C(\C=C/C)C(CN(C)C)C1(O)CCCCC1. The van der Waals surface area contributed by atoms with Gasteiger partial charge in [0.15, 0.2) is 0 Å². The molecule has 1 saturated carbocycles. The van der Waals surface area contributed by atoms with Crippen molar-refractivity contribution in [3.05, 3.63) is 36.5 Å². The molecule has 0 aromatic rings. The largest absolute Gasteiger partial charge is 0.389 e. The smallest absolute Gasteiger partial charge is 0.0728 e. The fourth-order valence-electron chi connectivity index (χ4n) is 3.08. The van der Waals surface area contributed by atoms with Crippen LogP contribution in [-0.2, 0) is 0 Å². The Labute approximate surface area is 118 Å². The van der Waals surface area contributed by atoms with Crippen LogP contribution in [0.3, 0.4) is 0 Å². The van der Waals surface area contributed by atoms with Gasteiger partial charge in [-0.3, -0.25) is 0 Å². The molecular formula is C17H29NO. The van der Waals surface area contributed by atoms with E-state index in [2.05, 4.69) is 31.7 Å². The number of hydrogen-bond donors (Lipinski definition) is 1. The molecule has 0 aromatic carbocycles. The van der Waals surface area contributed by atoms with E-state index < -0.39 is 5.60 Å². The van der Waals surface area contributed by atoms with Gasteiger partial charge in [0.25, 0.3) is 0 Å². The van der Waals surface area contributed by atoms with Crippen LogP contribution in [0.1, 0.15) is 39.0 Å². The molecule has 0 bridgehead atoms. The first-order valence-electron chi connectivity index (χ1n) is 7.36. The Bertz CT molecular complexity index is 335. The Morgan fingerprint density at radius 1 is 1.32 bits per heavy atom. The van der Waals surface area contributed by atoms with Crippen molar-refractivity contribution in [1.29, 1.82) is 0 Å². The van der Waals surface area contributed by atoms with E-state index in [1.54, 1.807) is 0 Å². The number of rotatable bonds is 6. The predicted molar refractivity (Wildman–Crippen MR) is 83.2 cm³/mol. The highest BCUT2D eigenvalue weighted by Gasteiger charge is 2.39. The minimum atomic E-state index is -0.559. The van der Waals surface area contributed by atoms with Gasteiger partial charge in [-0.2, -0.15) is 0 Å². The molecule has 0 heterocycles. The van der Waals surface area contributed by atoms with E-state index >= 15 is 0 Å². The van der Waals surface area contributed by atoms with Crippen molar-refractivity contribution in [3.63, 3.8) is 0 Å². The monoisotopic (exact) mass is 263 g/mol. The summed E-state index contributed by atoms with van der Waals surface area (Å²) in [6, 6.07) is 0. The number of hydrogen-bond acceptors (Lipinski definition) is 2. The zero-order valence-electron chi connectivity index (χ0n) is 12.7. The molecule has 0 spiro atoms. The molecular weight excluding hydrogens is 234 g/mol. The summed E-state index contributed by atoms with van der Waals surface area (Å²) in [5.74, 6) is 0.164. The van der Waals surface area contributed by atoms with E-state index in [0.29, 0.717) is 0 Å². The highest BCUT2D eigenvalue weighted by molar-refractivity contribution is 5.28. The van der Waals surface area contributed by atoms with E-state index in [4.69, 9.17) is 0 Å². The van der Waals surface area contributed by atoms with Crippen LogP contribution in [0.5, 0.6) is 0 Å². The maximum Gasteiger partial charge on any atom is 0.0728 e. The average molecular weight is 263 g/mol. The van der Waals surface area contributed by atoms with Gasteiger partial charge >= 0.3 is 0 Å². The fourth-order valence-corrected chi connectivity index (χ4v) is 3.08. The molecule has 0 aromatic heterocycles. The predicted octanol–water partition coefficient (Wildman–Crippen LogP) is 3.55. The van der Waals surface area contributed by atoms with Gasteiger partial charge in [0.05, 0.1) is 5.60 Å². The van der Waals surface area contributed by atoms with Gasteiger partial charge in [-0.1, -0.05) is 50.1 Å². The molecule has 2 nitrogen and oxygen atoms in total. The Morgan fingerprint density at radius 3 is 2.42 bits per heavy atom. The second-order valence-corrected chi connectivity index (χ2v) is 5.88. The van der Waals surface area contributed by atoms with E-state index in [1.165, 1.54) is 12.0 Å². The summed E-state index contributed by atoms with van der Waals surface area (Å²) in [4.78, 5) is 2.16. The maximum absolute atomic E-state index is 11.1. The molecule has 1 fully saturated rings. The van der Waals surface area contributed by atoms with Crippen molar-refractivity contribution in [3.8, 4) is 0 Å². The zero-order valence-corrected chi connectivity index (χ0v) is 12.7. The summed E-state index contributed by atoms with van der Waals surface area (Å²) in [6.45, 7) is 6.70. The van der Waals surface area contributed by atoms with Crippen LogP contribution >= 0.6 is 0 Å². The summed E-state index contributed by atoms with van der Waals surface area (Å²) in [5, 5.41) is 11.1. The third-order valence-electron chi connectivity index (χ3n) is 3.99. The first kappa shape index (κ1) is 16.2. The quantitative estimate of drug-likeness (QED) is 0.741. The Kier molecular flexibility index (Phi) is 6.53. The van der Waals surface area contributed by atoms with Crippen molar-refractivity contribution in [2.24, 2.45) is 5.92 Å². The van der Waals surface area contributed by atoms with Crippen molar-refractivity contribution in [1.82, 2.24) is 4.90 Å². The highest BCUT2D eigenvalue weighted by Crippen LogP contribution is 2.38. The van der Waals surface area contributed by atoms with Crippen molar-refractivity contribution >= 4 is 0 Å².